The number of hydrogen-bond acceptors (Lipinski definition) is 0. The zero-order valence-electron chi connectivity index (χ0n) is 7.15. The smallest absolute Gasteiger partial charge is 0.00307 e. The van der Waals surface area contributed by atoms with E-state index in [4.69, 9.17) is 0 Å². The summed E-state index contributed by atoms with van der Waals surface area (Å²) in [5, 5.41) is 0. The molecule has 0 amide bonds. The average molecular weight is 158 g/mol. The molecule has 1 heteroatoms. The molecule has 1 saturated heterocycles. The molecular weight excluding hydrogens is 140 g/mol. The van der Waals surface area contributed by atoms with Gasteiger partial charge in [0.2, 0.25) is 0 Å². The largest absolute Gasteiger partial charge is 0.185 e. The van der Waals surface area contributed by atoms with Crippen molar-refractivity contribution >= 4 is 15.3 Å². The van der Waals surface area contributed by atoms with Crippen LogP contribution in [-0.4, -0.2) is 16.4 Å². The molecule has 60 valence electrons. The van der Waals surface area contributed by atoms with Crippen molar-refractivity contribution in [3.8, 4) is 0 Å². The van der Waals surface area contributed by atoms with E-state index < -0.39 is 0 Å². The first kappa shape index (κ1) is 8.32. The van der Waals surface area contributed by atoms with Crippen LogP contribution in [0.3, 0.4) is 0 Å². The van der Waals surface area contributed by atoms with Crippen molar-refractivity contribution in [1.82, 2.24) is 0 Å². The zero-order chi connectivity index (χ0) is 7.40. The molecule has 0 aromatic carbocycles. The van der Waals surface area contributed by atoms with E-state index in [0.717, 1.165) is 10.5 Å². The third kappa shape index (κ3) is 2.45. The Labute approximate surface area is 66.9 Å². The van der Waals surface area contributed by atoms with Crippen LogP contribution in [0.2, 0.25) is 0 Å². The molecule has 0 atom stereocenters. The lowest BCUT2D eigenvalue weighted by molar-refractivity contribution is 0.933. The van der Waals surface area contributed by atoms with Crippen molar-refractivity contribution in [2.24, 2.45) is 0 Å². The Hall–Kier alpha value is 0.220. The normalized spacial score (nSPS) is 17.4. The third-order valence-electron chi connectivity index (χ3n) is 1.87. The Bertz CT molecular complexity index is 122. The molecular formula is C9H18S. The fourth-order valence-electron chi connectivity index (χ4n) is 1.30. The van der Waals surface area contributed by atoms with E-state index in [1.165, 1.54) is 37.2 Å². The van der Waals surface area contributed by atoms with Crippen LogP contribution in [-0.2, 0) is 0 Å². The maximum atomic E-state index is 2.29. The van der Waals surface area contributed by atoms with Crippen molar-refractivity contribution in [3.05, 3.63) is 0 Å². The van der Waals surface area contributed by atoms with Crippen molar-refractivity contribution < 1.29 is 0 Å². The van der Waals surface area contributed by atoms with Gasteiger partial charge in [0, 0.05) is 0 Å². The molecule has 0 nitrogen and oxygen atoms in total. The molecule has 0 unspecified atom stereocenters. The lowest BCUT2D eigenvalue weighted by Gasteiger charge is -2.01. The Morgan fingerprint density at radius 3 is 1.90 bits per heavy atom. The third-order valence-corrected chi connectivity index (χ3v) is 3.92. The molecule has 0 saturated carbocycles. The molecule has 1 aliphatic heterocycles. The summed E-state index contributed by atoms with van der Waals surface area (Å²) in [5.41, 5.74) is 0. The van der Waals surface area contributed by atoms with Gasteiger partial charge in [-0.2, -0.15) is 10.5 Å². The molecule has 0 radical (unpaired) electrons. The predicted octanol–water partition coefficient (Wildman–Crippen LogP) is 3.04. The van der Waals surface area contributed by atoms with Gasteiger partial charge in [0.25, 0.3) is 0 Å². The van der Waals surface area contributed by atoms with Gasteiger partial charge in [-0.25, -0.2) is 0 Å². The summed E-state index contributed by atoms with van der Waals surface area (Å²) in [4.78, 5) is 1.89. The van der Waals surface area contributed by atoms with Gasteiger partial charge < -0.3 is 0 Å². The van der Waals surface area contributed by atoms with Gasteiger partial charge >= 0.3 is 0 Å². The summed E-state index contributed by atoms with van der Waals surface area (Å²) in [7, 11) is 0.814. The highest BCUT2D eigenvalue weighted by atomic mass is 32.2. The van der Waals surface area contributed by atoms with Gasteiger partial charge in [-0.05, 0) is 29.2 Å². The minimum absolute atomic E-state index is 0.814. The van der Waals surface area contributed by atoms with Crippen molar-refractivity contribution in [2.45, 2.75) is 39.5 Å². The second-order valence-electron chi connectivity index (χ2n) is 2.94. The average Bonchev–Trinajstić information content (AvgIpc) is 2.69. The second-order valence-corrected chi connectivity index (χ2v) is 5.32. The highest BCUT2D eigenvalue weighted by Gasteiger charge is 2.13. The predicted molar refractivity (Wildman–Crippen MR) is 52.1 cm³/mol. The summed E-state index contributed by atoms with van der Waals surface area (Å²) in [6.45, 7) is 4.59. The van der Waals surface area contributed by atoms with Gasteiger partial charge in [0.1, 0.15) is 0 Å². The maximum absolute atomic E-state index is 2.29. The molecule has 1 fully saturated rings. The van der Waals surface area contributed by atoms with Gasteiger partial charge in [0.05, 0.1) is 0 Å². The van der Waals surface area contributed by atoms with E-state index in [2.05, 4.69) is 13.8 Å². The first-order valence-electron chi connectivity index (χ1n) is 4.40. The maximum Gasteiger partial charge on any atom is -0.00307 e. The van der Waals surface area contributed by atoms with Crippen LogP contribution in [0, 0.1) is 0 Å². The first-order valence-corrected chi connectivity index (χ1v) is 5.97. The van der Waals surface area contributed by atoms with Crippen molar-refractivity contribution in [1.29, 1.82) is 0 Å². The Morgan fingerprint density at radius 1 is 1.10 bits per heavy atom. The minimum Gasteiger partial charge on any atom is -0.185 e. The van der Waals surface area contributed by atoms with E-state index >= 15 is 0 Å². The highest BCUT2D eigenvalue weighted by molar-refractivity contribution is 8.22. The lowest BCUT2D eigenvalue weighted by atomic mass is 10.2. The van der Waals surface area contributed by atoms with Crippen molar-refractivity contribution in [2.75, 3.05) is 11.5 Å². The molecule has 0 aromatic heterocycles. The molecule has 0 bridgehead atoms. The number of hydrogen-bond donors (Lipinski definition) is 0. The van der Waals surface area contributed by atoms with Crippen LogP contribution in [0.4, 0.5) is 0 Å². The van der Waals surface area contributed by atoms with Crippen LogP contribution in [0.1, 0.15) is 39.5 Å². The first-order chi connectivity index (χ1) is 4.88. The fraction of sp³-hybridized carbons (Fsp3) is 0.889. The van der Waals surface area contributed by atoms with Gasteiger partial charge in [-0.1, -0.05) is 26.7 Å². The summed E-state index contributed by atoms with van der Waals surface area (Å²) in [6, 6.07) is 0. The SMILES string of the molecule is CCCC(CCC)=S1CC1. The molecule has 1 rings (SSSR count). The second kappa shape index (κ2) is 4.17. The van der Waals surface area contributed by atoms with Gasteiger partial charge in [0.15, 0.2) is 0 Å². The van der Waals surface area contributed by atoms with Crippen LogP contribution in [0.25, 0.3) is 0 Å². The van der Waals surface area contributed by atoms with E-state index in [0.29, 0.717) is 0 Å². The van der Waals surface area contributed by atoms with Gasteiger partial charge in [-0.15, -0.1) is 0 Å². The van der Waals surface area contributed by atoms with Crippen LogP contribution in [0.5, 0.6) is 0 Å². The molecule has 1 heterocycles. The van der Waals surface area contributed by atoms with E-state index in [9.17, 15) is 0 Å². The molecule has 0 N–H and O–H groups in total. The van der Waals surface area contributed by atoms with E-state index in [-0.39, 0.29) is 0 Å². The monoisotopic (exact) mass is 158 g/mol. The summed E-state index contributed by atoms with van der Waals surface area (Å²) >= 11 is 0. The zero-order valence-corrected chi connectivity index (χ0v) is 7.97. The summed E-state index contributed by atoms with van der Waals surface area (Å²) in [5.74, 6) is 3.05. The standard InChI is InChI=1S/C9H18S/c1-3-5-9(6-4-2)10-7-8-10/h3-8H2,1-2H3. The molecule has 0 aliphatic carbocycles. The molecule has 1 aliphatic rings. The fourth-order valence-corrected chi connectivity index (χ4v) is 3.20. The Morgan fingerprint density at radius 2 is 1.60 bits per heavy atom. The lowest BCUT2D eigenvalue weighted by Crippen LogP contribution is -1.93. The quantitative estimate of drug-likeness (QED) is 0.436. The summed E-state index contributed by atoms with van der Waals surface area (Å²) in [6.07, 6.45) is 5.55. The van der Waals surface area contributed by atoms with Gasteiger partial charge in [-0.3, -0.25) is 0 Å². The van der Waals surface area contributed by atoms with E-state index in [1.807, 2.05) is 4.86 Å². The molecule has 0 aromatic rings. The molecule has 10 heavy (non-hydrogen) atoms. The number of rotatable bonds is 4. The van der Waals surface area contributed by atoms with E-state index in [1.54, 1.807) is 0 Å². The van der Waals surface area contributed by atoms with Crippen LogP contribution < -0.4 is 0 Å². The topological polar surface area (TPSA) is 0 Å². The minimum atomic E-state index is 0.814. The Kier molecular flexibility index (Phi) is 3.47. The van der Waals surface area contributed by atoms with Crippen molar-refractivity contribution in [3.63, 3.8) is 0 Å². The van der Waals surface area contributed by atoms with Crippen LogP contribution >= 0.6 is 10.5 Å². The summed E-state index contributed by atoms with van der Waals surface area (Å²) < 4.78 is 0. The van der Waals surface area contributed by atoms with Crippen LogP contribution in [0.15, 0.2) is 0 Å². The molecule has 0 spiro atoms. The highest BCUT2D eigenvalue weighted by Crippen LogP contribution is 2.33. The Balaban J connectivity index is 2.36.